The molecule has 1 amide bonds. The van der Waals surface area contributed by atoms with Gasteiger partial charge in [0.2, 0.25) is 0 Å². The van der Waals surface area contributed by atoms with Gasteiger partial charge in [-0.05, 0) is 6.92 Å². The van der Waals surface area contributed by atoms with Crippen LogP contribution in [0.1, 0.15) is 17.4 Å². The summed E-state index contributed by atoms with van der Waals surface area (Å²) in [6.07, 6.45) is 4.62. The number of nitrogens with zero attached hydrogens (tertiary/aromatic N) is 3. The second-order valence-electron chi connectivity index (χ2n) is 3.70. The number of hydrogen-bond acceptors (Lipinski definition) is 4. The molecular weight excluding hydrogens is 263 g/mol. The van der Waals surface area contributed by atoms with Gasteiger partial charge in [0.1, 0.15) is 5.69 Å². The van der Waals surface area contributed by atoms with Crippen molar-refractivity contribution in [2.75, 3.05) is 19.6 Å². The number of hydrogen-bond donors (Lipinski definition) is 1. The molecule has 96 valence electrons. The van der Waals surface area contributed by atoms with E-state index in [2.05, 4.69) is 22.2 Å². The Morgan fingerprint density at radius 1 is 1.47 bits per heavy atom. The Hall–Kier alpha value is -0.910. The molecule has 0 saturated carbocycles. The summed E-state index contributed by atoms with van der Waals surface area (Å²) in [7, 11) is 0. The van der Waals surface area contributed by atoms with E-state index in [1.54, 1.807) is 12.4 Å². The van der Waals surface area contributed by atoms with Crippen LogP contribution in [0, 0.1) is 0 Å². The summed E-state index contributed by atoms with van der Waals surface area (Å²) in [5.41, 5.74) is 0.423. The molecular formula is C10H16Cl2N4O. The van der Waals surface area contributed by atoms with Crippen molar-refractivity contribution >= 4 is 30.7 Å². The van der Waals surface area contributed by atoms with Crippen LogP contribution in [0.4, 0.5) is 0 Å². The van der Waals surface area contributed by atoms with E-state index < -0.39 is 0 Å². The normalized spacial score (nSPS) is 18.9. The van der Waals surface area contributed by atoms with Gasteiger partial charge in [0.05, 0.1) is 6.20 Å². The number of piperazine rings is 1. The predicted molar refractivity (Wildman–Crippen MR) is 69.9 cm³/mol. The Morgan fingerprint density at radius 2 is 2.24 bits per heavy atom. The molecule has 0 aromatic carbocycles. The monoisotopic (exact) mass is 278 g/mol. The molecule has 1 N–H and O–H groups in total. The maximum atomic E-state index is 11.9. The molecule has 17 heavy (non-hydrogen) atoms. The molecule has 0 bridgehead atoms. The average molecular weight is 279 g/mol. The summed E-state index contributed by atoms with van der Waals surface area (Å²) in [5.74, 6) is -0.0311. The van der Waals surface area contributed by atoms with E-state index in [1.165, 1.54) is 6.20 Å². The molecule has 0 aliphatic carbocycles. The Morgan fingerprint density at radius 3 is 2.82 bits per heavy atom. The number of rotatable bonds is 1. The summed E-state index contributed by atoms with van der Waals surface area (Å²) in [5, 5.41) is 3.29. The van der Waals surface area contributed by atoms with Gasteiger partial charge in [-0.25, -0.2) is 4.98 Å². The highest BCUT2D eigenvalue weighted by molar-refractivity contribution is 5.92. The van der Waals surface area contributed by atoms with Gasteiger partial charge < -0.3 is 10.2 Å². The number of amides is 1. The molecule has 1 saturated heterocycles. The van der Waals surface area contributed by atoms with Crippen molar-refractivity contribution in [2.24, 2.45) is 0 Å². The molecule has 1 aromatic rings. The number of halogens is 2. The fraction of sp³-hybridized carbons (Fsp3) is 0.500. The van der Waals surface area contributed by atoms with Crippen LogP contribution in [0.15, 0.2) is 18.6 Å². The quantitative estimate of drug-likeness (QED) is 0.824. The van der Waals surface area contributed by atoms with Gasteiger partial charge in [-0.15, -0.1) is 24.8 Å². The van der Waals surface area contributed by atoms with Crippen LogP contribution in [0.2, 0.25) is 0 Å². The van der Waals surface area contributed by atoms with Crippen LogP contribution in [-0.4, -0.2) is 46.5 Å². The van der Waals surface area contributed by atoms with Crippen molar-refractivity contribution in [1.29, 1.82) is 0 Å². The van der Waals surface area contributed by atoms with Gasteiger partial charge in [0.15, 0.2) is 0 Å². The summed E-state index contributed by atoms with van der Waals surface area (Å²) in [6.45, 7) is 4.37. The van der Waals surface area contributed by atoms with Crippen molar-refractivity contribution in [1.82, 2.24) is 20.2 Å². The fourth-order valence-corrected chi connectivity index (χ4v) is 1.69. The highest BCUT2D eigenvalue weighted by atomic mass is 35.5. The Kier molecular flexibility index (Phi) is 7.03. The number of aromatic nitrogens is 2. The zero-order valence-corrected chi connectivity index (χ0v) is 11.1. The minimum atomic E-state index is -0.0311. The van der Waals surface area contributed by atoms with Gasteiger partial charge in [-0.1, -0.05) is 0 Å². The van der Waals surface area contributed by atoms with Crippen molar-refractivity contribution in [3.8, 4) is 0 Å². The van der Waals surface area contributed by atoms with Crippen LogP contribution in [-0.2, 0) is 0 Å². The van der Waals surface area contributed by atoms with Gasteiger partial charge in [0.25, 0.3) is 5.91 Å². The topological polar surface area (TPSA) is 58.1 Å². The number of carbonyl (C=O) groups is 1. The number of nitrogens with one attached hydrogen (secondary N) is 1. The van der Waals surface area contributed by atoms with E-state index in [4.69, 9.17) is 0 Å². The predicted octanol–water partition coefficient (Wildman–Crippen LogP) is 0.754. The first kappa shape index (κ1) is 16.1. The highest BCUT2D eigenvalue weighted by Gasteiger charge is 2.22. The fourth-order valence-electron chi connectivity index (χ4n) is 1.69. The van der Waals surface area contributed by atoms with E-state index >= 15 is 0 Å². The minimum Gasteiger partial charge on any atom is -0.334 e. The van der Waals surface area contributed by atoms with Gasteiger partial charge in [-0.2, -0.15) is 0 Å². The molecule has 2 rings (SSSR count). The lowest BCUT2D eigenvalue weighted by Crippen LogP contribution is -2.51. The van der Waals surface area contributed by atoms with E-state index in [9.17, 15) is 4.79 Å². The largest absolute Gasteiger partial charge is 0.334 e. The second-order valence-corrected chi connectivity index (χ2v) is 3.70. The zero-order valence-electron chi connectivity index (χ0n) is 9.50. The van der Waals surface area contributed by atoms with E-state index in [1.807, 2.05) is 4.90 Å². The smallest absolute Gasteiger partial charge is 0.274 e. The summed E-state index contributed by atoms with van der Waals surface area (Å²) < 4.78 is 0. The molecule has 1 aliphatic heterocycles. The lowest BCUT2D eigenvalue weighted by Gasteiger charge is -2.31. The highest BCUT2D eigenvalue weighted by Crippen LogP contribution is 2.04. The molecule has 7 heteroatoms. The van der Waals surface area contributed by atoms with Crippen LogP contribution < -0.4 is 5.32 Å². The van der Waals surface area contributed by atoms with Crippen LogP contribution in [0.5, 0.6) is 0 Å². The molecule has 1 atom stereocenters. The third-order valence-electron chi connectivity index (χ3n) is 2.44. The SMILES string of the molecule is C[C@@H]1CN(C(=O)c2cnccn2)CCN1.Cl.Cl. The van der Waals surface area contributed by atoms with Gasteiger partial charge in [-0.3, -0.25) is 9.78 Å². The average Bonchev–Trinajstić information content (AvgIpc) is 2.29. The lowest BCUT2D eigenvalue weighted by atomic mass is 10.2. The second kappa shape index (κ2) is 7.42. The maximum Gasteiger partial charge on any atom is 0.274 e. The summed E-state index contributed by atoms with van der Waals surface area (Å²) in [6, 6.07) is 0.347. The van der Waals surface area contributed by atoms with Crippen molar-refractivity contribution in [2.45, 2.75) is 13.0 Å². The third kappa shape index (κ3) is 4.11. The molecule has 0 unspecified atom stereocenters. The number of carbonyl (C=O) groups excluding carboxylic acids is 1. The molecule has 1 fully saturated rings. The van der Waals surface area contributed by atoms with Crippen molar-refractivity contribution < 1.29 is 4.79 Å². The lowest BCUT2D eigenvalue weighted by molar-refractivity contribution is 0.0702. The first-order valence-electron chi connectivity index (χ1n) is 5.06. The Balaban J connectivity index is 0.00000128. The minimum absolute atomic E-state index is 0. The molecule has 2 heterocycles. The van der Waals surface area contributed by atoms with Crippen molar-refractivity contribution in [3.05, 3.63) is 24.3 Å². The third-order valence-corrected chi connectivity index (χ3v) is 2.44. The summed E-state index contributed by atoms with van der Waals surface area (Å²) in [4.78, 5) is 21.7. The standard InChI is InChI=1S/C10H14N4O.2ClH/c1-8-7-14(5-4-12-8)10(15)9-6-11-2-3-13-9;;/h2-3,6,8,12H,4-5,7H2,1H3;2*1H/t8-;;/m1../s1. The molecule has 1 aromatic heterocycles. The summed E-state index contributed by atoms with van der Waals surface area (Å²) >= 11 is 0. The Labute approximate surface area is 113 Å². The van der Waals surface area contributed by atoms with Gasteiger partial charge >= 0.3 is 0 Å². The van der Waals surface area contributed by atoms with E-state index in [0.29, 0.717) is 11.7 Å². The van der Waals surface area contributed by atoms with Crippen LogP contribution in [0.25, 0.3) is 0 Å². The maximum absolute atomic E-state index is 11.9. The van der Waals surface area contributed by atoms with E-state index in [-0.39, 0.29) is 30.7 Å². The van der Waals surface area contributed by atoms with Crippen molar-refractivity contribution in [3.63, 3.8) is 0 Å². The van der Waals surface area contributed by atoms with Crippen LogP contribution >= 0.6 is 24.8 Å². The zero-order chi connectivity index (χ0) is 10.7. The molecule has 0 spiro atoms. The van der Waals surface area contributed by atoms with Crippen LogP contribution in [0.3, 0.4) is 0 Å². The Bertz CT molecular complexity index is 349. The molecule has 1 aliphatic rings. The van der Waals surface area contributed by atoms with E-state index in [0.717, 1.165) is 19.6 Å². The first-order chi connectivity index (χ1) is 7.27. The molecule has 0 radical (unpaired) electrons. The van der Waals surface area contributed by atoms with Gasteiger partial charge in [0, 0.05) is 38.1 Å². The molecule has 5 nitrogen and oxygen atoms in total. The first-order valence-corrected chi connectivity index (χ1v) is 5.06.